The van der Waals surface area contributed by atoms with E-state index in [-0.39, 0.29) is 30.1 Å². The number of Topliss-reactive ketones (excluding diaryl/α,β-unsaturated/α-hetero) is 1. The van der Waals surface area contributed by atoms with Crippen LogP contribution < -0.4 is 0 Å². The Kier molecular flexibility index (Phi) is 5.81. The predicted octanol–water partition coefficient (Wildman–Crippen LogP) is 1.89. The van der Waals surface area contributed by atoms with Crippen LogP contribution in [0.5, 0.6) is 0 Å². The third kappa shape index (κ3) is 3.31. The van der Waals surface area contributed by atoms with Crippen LogP contribution in [-0.4, -0.2) is 58.0 Å². The van der Waals surface area contributed by atoms with Crippen molar-refractivity contribution in [2.75, 3.05) is 0 Å². The molecule has 0 aromatic rings. The minimum atomic E-state index is -1.59. The fourth-order valence-corrected chi connectivity index (χ4v) is 6.78. The van der Waals surface area contributed by atoms with Gasteiger partial charge in [-0.3, -0.25) is 9.59 Å². The van der Waals surface area contributed by atoms with Crippen molar-refractivity contribution in [3.05, 3.63) is 22.8 Å². The Balaban J connectivity index is 1.69. The predicted molar refractivity (Wildman–Crippen MR) is 119 cm³/mol. The monoisotopic (exact) mass is 488 g/mol. The summed E-state index contributed by atoms with van der Waals surface area (Å²) in [5.74, 6) is -6.65. The summed E-state index contributed by atoms with van der Waals surface area (Å²) in [5.41, 5.74) is -0.622. The normalized spacial score (nSPS) is 38.9. The van der Waals surface area contributed by atoms with Crippen LogP contribution in [0.25, 0.3) is 0 Å². The number of cyclic esters (lactones) is 2. The number of carbonyl (C=O) groups is 4. The molecule has 0 amide bonds. The van der Waals surface area contributed by atoms with E-state index in [1.165, 1.54) is 0 Å². The van der Waals surface area contributed by atoms with E-state index in [1.54, 1.807) is 13.0 Å². The number of esters is 3. The zero-order chi connectivity index (χ0) is 25.3. The van der Waals surface area contributed by atoms with Crippen molar-refractivity contribution >= 4 is 23.7 Å². The lowest BCUT2D eigenvalue weighted by Gasteiger charge is -2.53. The van der Waals surface area contributed by atoms with Crippen LogP contribution in [0, 0.1) is 23.2 Å². The van der Waals surface area contributed by atoms with Gasteiger partial charge in [0.25, 0.3) is 0 Å². The zero-order valence-corrected chi connectivity index (χ0v) is 20.2. The molecule has 2 saturated heterocycles. The summed E-state index contributed by atoms with van der Waals surface area (Å²) in [7, 11) is 0. The van der Waals surface area contributed by atoms with Crippen LogP contribution in [0.3, 0.4) is 0 Å². The van der Waals surface area contributed by atoms with Gasteiger partial charge in [-0.05, 0) is 38.5 Å². The summed E-state index contributed by atoms with van der Waals surface area (Å²) < 4.78 is 17.4. The standard InChI is InChI=1S/C26H32O9/c1-4-6-8-12-9-13-14(20(28)21(29)16(27)7-5-2)10-17-25(3)11-15-18(23(31)33-22(15)30)19(13)26(17,34-12)35-24(25)32/h10,12-14,16,19-20,27-28H,4-9,11H2,1-3H3/t12-,13?,14?,16+,19?,20+,25+,26?/m0/s1. The first kappa shape index (κ1) is 24.3. The Morgan fingerprint density at radius 3 is 2.60 bits per heavy atom. The van der Waals surface area contributed by atoms with Gasteiger partial charge in [-0.15, -0.1) is 0 Å². The molecule has 0 aromatic carbocycles. The maximum absolute atomic E-state index is 13.3. The van der Waals surface area contributed by atoms with Gasteiger partial charge >= 0.3 is 17.9 Å². The van der Waals surface area contributed by atoms with Crippen molar-refractivity contribution in [2.45, 2.75) is 89.8 Å². The first-order chi connectivity index (χ1) is 16.6. The number of rotatable bonds is 8. The maximum atomic E-state index is 13.3. The van der Waals surface area contributed by atoms with Gasteiger partial charge in [0.1, 0.15) is 12.2 Å². The molecular weight excluding hydrogens is 456 g/mol. The topological polar surface area (TPSA) is 136 Å². The number of hydrogen-bond donors (Lipinski definition) is 2. The molecule has 5 bridgehead atoms. The molecular formula is C26H32O9. The van der Waals surface area contributed by atoms with Crippen molar-refractivity contribution in [2.24, 2.45) is 23.2 Å². The van der Waals surface area contributed by atoms with Gasteiger partial charge in [0.05, 0.1) is 28.6 Å². The molecule has 2 aliphatic carbocycles. The second kappa shape index (κ2) is 8.35. The lowest BCUT2D eigenvalue weighted by molar-refractivity contribution is -0.276. The van der Waals surface area contributed by atoms with Crippen molar-refractivity contribution in [3.63, 3.8) is 0 Å². The molecule has 5 aliphatic rings. The quantitative estimate of drug-likeness (QED) is 0.298. The molecule has 2 N–H and O–H groups in total. The first-order valence-electron chi connectivity index (χ1n) is 12.6. The van der Waals surface area contributed by atoms with Crippen LogP contribution >= 0.6 is 0 Å². The van der Waals surface area contributed by atoms with E-state index in [2.05, 4.69) is 6.92 Å². The third-order valence-electron chi connectivity index (χ3n) is 8.48. The second-order valence-electron chi connectivity index (χ2n) is 10.7. The highest BCUT2D eigenvalue weighted by Gasteiger charge is 2.74. The third-order valence-corrected chi connectivity index (χ3v) is 8.48. The van der Waals surface area contributed by atoms with E-state index in [0.29, 0.717) is 24.8 Å². The second-order valence-corrected chi connectivity index (χ2v) is 10.7. The Bertz CT molecular complexity index is 1060. The van der Waals surface area contributed by atoms with E-state index in [4.69, 9.17) is 14.2 Å². The van der Waals surface area contributed by atoms with Crippen molar-refractivity contribution in [1.82, 2.24) is 0 Å². The lowest BCUT2D eigenvalue weighted by atomic mass is 9.59. The van der Waals surface area contributed by atoms with Crippen molar-refractivity contribution < 1.29 is 43.6 Å². The van der Waals surface area contributed by atoms with Gasteiger partial charge in [0.2, 0.25) is 5.79 Å². The van der Waals surface area contributed by atoms with E-state index in [9.17, 15) is 29.4 Å². The molecule has 0 radical (unpaired) electrons. The number of hydrogen-bond acceptors (Lipinski definition) is 9. The molecule has 0 saturated carbocycles. The number of aliphatic hydroxyl groups is 2. The Morgan fingerprint density at radius 2 is 1.91 bits per heavy atom. The van der Waals surface area contributed by atoms with Gasteiger partial charge in [-0.2, -0.15) is 0 Å². The smallest absolute Gasteiger partial charge is 0.343 e. The average Bonchev–Trinajstić information content (AvgIpc) is 3.16. The molecule has 3 aliphatic heterocycles. The molecule has 4 unspecified atom stereocenters. The van der Waals surface area contributed by atoms with Gasteiger partial charge in [-0.1, -0.05) is 39.2 Å². The van der Waals surface area contributed by atoms with Crippen molar-refractivity contribution in [1.29, 1.82) is 0 Å². The summed E-state index contributed by atoms with van der Waals surface area (Å²) in [6, 6.07) is 0. The molecule has 0 aromatic heterocycles. The molecule has 1 spiro atoms. The van der Waals surface area contributed by atoms with Crippen LogP contribution in [0.15, 0.2) is 22.8 Å². The van der Waals surface area contributed by atoms with Crippen LogP contribution in [0.4, 0.5) is 0 Å². The summed E-state index contributed by atoms with van der Waals surface area (Å²) >= 11 is 0. The molecule has 2 fully saturated rings. The summed E-state index contributed by atoms with van der Waals surface area (Å²) in [4.78, 5) is 51.9. The average molecular weight is 489 g/mol. The molecule has 9 heteroatoms. The summed E-state index contributed by atoms with van der Waals surface area (Å²) in [5, 5.41) is 21.6. The fraction of sp³-hybridized carbons (Fsp3) is 0.692. The number of carbonyl (C=O) groups excluding carboxylic acids is 4. The van der Waals surface area contributed by atoms with Gasteiger partial charge in [0.15, 0.2) is 5.78 Å². The van der Waals surface area contributed by atoms with E-state index in [1.807, 2.05) is 6.92 Å². The van der Waals surface area contributed by atoms with Gasteiger partial charge in [-0.25, -0.2) is 9.59 Å². The Hall–Kier alpha value is -2.36. The minimum Gasteiger partial charge on any atom is -0.427 e. The van der Waals surface area contributed by atoms with Gasteiger partial charge < -0.3 is 24.4 Å². The molecule has 35 heavy (non-hydrogen) atoms. The zero-order valence-electron chi connectivity index (χ0n) is 20.2. The molecule has 8 atom stereocenters. The van der Waals surface area contributed by atoms with E-state index >= 15 is 0 Å². The first-order valence-corrected chi connectivity index (χ1v) is 12.6. The Morgan fingerprint density at radius 1 is 1.17 bits per heavy atom. The largest absolute Gasteiger partial charge is 0.427 e. The maximum Gasteiger partial charge on any atom is 0.343 e. The summed E-state index contributed by atoms with van der Waals surface area (Å²) in [6.45, 7) is 5.52. The van der Waals surface area contributed by atoms with Crippen LogP contribution in [-0.2, 0) is 33.4 Å². The van der Waals surface area contributed by atoms with Crippen LogP contribution in [0.2, 0.25) is 0 Å². The van der Waals surface area contributed by atoms with E-state index < -0.39 is 64.9 Å². The minimum absolute atomic E-state index is 0.0826. The fourth-order valence-electron chi connectivity index (χ4n) is 6.78. The molecule has 5 rings (SSSR count). The highest BCUT2D eigenvalue weighted by Crippen LogP contribution is 2.66. The number of unbranched alkanes of at least 4 members (excludes halogenated alkanes) is 1. The Labute approximate surface area is 203 Å². The van der Waals surface area contributed by atoms with Gasteiger partial charge in [0, 0.05) is 11.5 Å². The highest BCUT2D eigenvalue weighted by molar-refractivity contribution is 6.14. The van der Waals surface area contributed by atoms with Crippen LogP contribution in [0.1, 0.15) is 65.7 Å². The SMILES string of the molecule is CCCC[C@H]1CC2C([C@@H](O)C(=O)[C@H](O)CCC)C=C3C4(OC(=O)[C@]3(C)CC3=C(C(=O)OC3=O)C24)O1. The summed E-state index contributed by atoms with van der Waals surface area (Å²) in [6.07, 6.45) is 2.03. The number of aliphatic hydroxyl groups excluding tert-OH is 2. The van der Waals surface area contributed by atoms with Crippen molar-refractivity contribution in [3.8, 4) is 0 Å². The lowest BCUT2D eigenvalue weighted by Crippen LogP contribution is -2.60. The molecule has 3 heterocycles. The molecule has 9 nitrogen and oxygen atoms in total. The highest BCUT2D eigenvalue weighted by atomic mass is 16.7. The number of ketones is 1. The van der Waals surface area contributed by atoms with E-state index in [0.717, 1.165) is 12.8 Å². The molecule has 190 valence electrons. The number of ether oxygens (including phenoxy) is 3.